The highest BCUT2D eigenvalue weighted by molar-refractivity contribution is 6.28. The van der Waals surface area contributed by atoms with Gasteiger partial charge in [-0.15, -0.1) is 0 Å². The van der Waals surface area contributed by atoms with E-state index in [0.717, 1.165) is 6.08 Å². The number of carbonyl (C=O) groups excluding carboxylic acids is 5. The first-order valence-corrected chi connectivity index (χ1v) is 9.31. The zero-order valence-corrected chi connectivity index (χ0v) is 16.5. The number of carbonyl (C=O) groups is 5. The molecule has 4 rings (SSSR count). The van der Waals surface area contributed by atoms with E-state index in [1.54, 1.807) is 0 Å². The van der Waals surface area contributed by atoms with Gasteiger partial charge >= 0.3 is 0 Å². The van der Waals surface area contributed by atoms with Crippen molar-refractivity contribution in [3.8, 4) is 5.75 Å². The largest absolute Gasteiger partial charge is 0.508 e. The molecule has 0 spiro atoms. The molecular weight excluding hydrogens is 408 g/mol. The normalized spacial score (nSPS) is 27.5. The van der Waals surface area contributed by atoms with E-state index < -0.39 is 69.2 Å². The molecule has 160 valence electrons. The van der Waals surface area contributed by atoms with Gasteiger partial charge in [-0.05, 0) is 37.5 Å². The molecule has 0 unspecified atom stereocenters. The maximum atomic E-state index is 13.4. The lowest BCUT2D eigenvalue weighted by atomic mass is 9.61. The summed E-state index contributed by atoms with van der Waals surface area (Å²) in [6, 6.07) is -1.57. The predicted molar refractivity (Wildman–Crippen MR) is 104 cm³/mol. The average molecular weight is 426 g/mol. The van der Waals surface area contributed by atoms with E-state index in [1.807, 2.05) is 0 Å². The van der Waals surface area contributed by atoms with Crippen LogP contribution < -0.4 is 11.5 Å². The molecule has 31 heavy (non-hydrogen) atoms. The lowest BCUT2D eigenvalue weighted by Crippen LogP contribution is -2.64. The van der Waals surface area contributed by atoms with Crippen LogP contribution in [0.15, 0.2) is 23.0 Å². The molecule has 10 heteroatoms. The van der Waals surface area contributed by atoms with Crippen molar-refractivity contribution in [3.05, 3.63) is 50.8 Å². The van der Waals surface area contributed by atoms with Gasteiger partial charge in [0.25, 0.3) is 5.91 Å². The molecule has 3 aliphatic rings. The number of phenols is 1. The van der Waals surface area contributed by atoms with Crippen molar-refractivity contribution in [3.63, 3.8) is 0 Å². The van der Waals surface area contributed by atoms with Gasteiger partial charge in [-0.2, -0.15) is 0 Å². The van der Waals surface area contributed by atoms with Gasteiger partial charge in [0.15, 0.2) is 23.0 Å². The van der Waals surface area contributed by atoms with Crippen LogP contribution in [-0.2, 0) is 16.0 Å². The minimum absolute atomic E-state index is 0.0519. The molecule has 1 aromatic rings. The van der Waals surface area contributed by atoms with E-state index in [-0.39, 0.29) is 34.2 Å². The molecule has 0 aliphatic heterocycles. The molecule has 0 heterocycles. The lowest BCUT2D eigenvalue weighted by molar-refractivity contribution is -0.127. The van der Waals surface area contributed by atoms with E-state index in [4.69, 9.17) is 11.5 Å². The van der Waals surface area contributed by atoms with Gasteiger partial charge in [0, 0.05) is 17.1 Å². The highest BCUT2D eigenvalue weighted by atomic mass is 16.3. The van der Waals surface area contributed by atoms with Crippen LogP contribution in [0.1, 0.15) is 49.1 Å². The standard InChI is InChI=1S/C21H18N2O8/c1-5-3-9(24)10-6(2)7-4-8-14(22)17(27)13(20(23)30)19(29)21(8,31)18(28)11(7)16(26)12(10)15(5)25/h3,8,14,26,29,31H,4,22H2,1-2H3,(H2,23,30)/t8-,14+,21-/m0/s1. The molecule has 7 N–H and O–H groups in total. The second-order valence-electron chi connectivity index (χ2n) is 7.98. The highest BCUT2D eigenvalue weighted by Gasteiger charge is 2.61. The Morgan fingerprint density at radius 2 is 1.71 bits per heavy atom. The van der Waals surface area contributed by atoms with Crippen molar-refractivity contribution in [1.29, 1.82) is 0 Å². The van der Waals surface area contributed by atoms with E-state index >= 15 is 0 Å². The number of amides is 1. The summed E-state index contributed by atoms with van der Waals surface area (Å²) in [5, 5.41) is 32.6. The van der Waals surface area contributed by atoms with Crippen molar-refractivity contribution in [2.75, 3.05) is 0 Å². The van der Waals surface area contributed by atoms with Crippen molar-refractivity contribution >= 4 is 29.0 Å². The molecule has 0 saturated heterocycles. The Morgan fingerprint density at radius 3 is 2.29 bits per heavy atom. The third kappa shape index (κ3) is 2.31. The fraction of sp³-hybridized carbons (Fsp3) is 0.286. The summed E-state index contributed by atoms with van der Waals surface area (Å²) >= 11 is 0. The number of ketones is 4. The minimum Gasteiger partial charge on any atom is -0.508 e. The Labute approximate surface area is 174 Å². The number of nitrogens with two attached hydrogens (primary N) is 2. The van der Waals surface area contributed by atoms with Crippen molar-refractivity contribution in [2.24, 2.45) is 17.4 Å². The monoisotopic (exact) mass is 426 g/mol. The third-order valence-corrected chi connectivity index (χ3v) is 6.39. The molecule has 0 fully saturated rings. The second kappa shape index (κ2) is 6.19. The minimum atomic E-state index is -2.82. The molecule has 0 saturated carbocycles. The second-order valence-corrected chi connectivity index (χ2v) is 7.98. The van der Waals surface area contributed by atoms with E-state index in [2.05, 4.69) is 0 Å². The SMILES string of the molecule is CC1=CC(=O)c2c(C)c3c(c(O)c2C1=O)C(=O)[C@]1(O)C(O)=C(C(N)=O)C(=O)[C@H](N)[C@@H]1C3. The molecule has 3 atom stereocenters. The van der Waals surface area contributed by atoms with Crippen molar-refractivity contribution in [2.45, 2.75) is 31.9 Å². The van der Waals surface area contributed by atoms with Gasteiger partial charge in [0.1, 0.15) is 17.1 Å². The van der Waals surface area contributed by atoms with Crippen LogP contribution in [0, 0.1) is 12.8 Å². The number of hydrogen-bond acceptors (Lipinski definition) is 9. The first kappa shape index (κ1) is 20.6. The molecule has 0 radical (unpaired) electrons. The fourth-order valence-corrected chi connectivity index (χ4v) is 4.76. The molecule has 1 aromatic carbocycles. The summed E-state index contributed by atoms with van der Waals surface area (Å²) in [4.78, 5) is 62.8. The average Bonchev–Trinajstić information content (AvgIpc) is 2.68. The van der Waals surface area contributed by atoms with Crippen LogP contribution >= 0.6 is 0 Å². The number of phenolic OH excluding ortho intramolecular Hbond substituents is 1. The molecule has 3 aliphatic carbocycles. The molecular formula is C21H18N2O8. The molecule has 0 bridgehead atoms. The Morgan fingerprint density at radius 1 is 1.10 bits per heavy atom. The first-order valence-electron chi connectivity index (χ1n) is 9.31. The Kier molecular flexibility index (Phi) is 4.12. The number of primary amides is 1. The topological polar surface area (TPSA) is 198 Å². The van der Waals surface area contributed by atoms with Gasteiger partial charge < -0.3 is 26.8 Å². The summed E-state index contributed by atoms with van der Waals surface area (Å²) in [5.74, 6) is -8.36. The number of aliphatic hydroxyl groups is 2. The Bertz CT molecular complexity index is 1240. The van der Waals surface area contributed by atoms with Gasteiger partial charge in [0.05, 0.1) is 17.2 Å². The van der Waals surface area contributed by atoms with E-state index in [0.29, 0.717) is 0 Å². The van der Waals surface area contributed by atoms with Crippen LogP contribution in [-0.4, -0.2) is 56.0 Å². The number of allylic oxidation sites excluding steroid dienone is 2. The summed E-state index contributed by atoms with van der Waals surface area (Å²) in [7, 11) is 0. The predicted octanol–water partition coefficient (Wildman–Crippen LogP) is -0.681. The number of Topliss-reactive ketones (excluding diaryl/α,β-unsaturated/α-hetero) is 3. The molecule has 0 aromatic heterocycles. The number of rotatable bonds is 1. The number of aromatic hydroxyl groups is 1. The summed E-state index contributed by atoms with van der Waals surface area (Å²) in [6.45, 7) is 2.84. The van der Waals surface area contributed by atoms with Crippen LogP contribution in [0.5, 0.6) is 5.75 Å². The van der Waals surface area contributed by atoms with Crippen LogP contribution in [0.2, 0.25) is 0 Å². The van der Waals surface area contributed by atoms with Gasteiger partial charge in [-0.3, -0.25) is 24.0 Å². The number of aliphatic hydroxyl groups excluding tert-OH is 1. The fourth-order valence-electron chi connectivity index (χ4n) is 4.76. The zero-order chi connectivity index (χ0) is 23.2. The maximum Gasteiger partial charge on any atom is 0.255 e. The smallest absolute Gasteiger partial charge is 0.255 e. The Balaban J connectivity index is 2.07. The lowest BCUT2D eigenvalue weighted by Gasteiger charge is -2.45. The van der Waals surface area contributed by atoms with Crippen molar-refractivity contribution < 1.29 is 39.3 Å². The van der Waals surface area contributed by atoms with E-state index in [9.17, 15) is 39.3 Å². The zero-order valence-electron chi connectivity index (χ0n) is 16.5. The third-order valence-electron chi connectivity index (χ3n) is 6.39. The summed E-state index contributed by atoms with van der Waals surface area (Å²) in [6.07, 6.45) is 0.825. The molecule has 1 amide bonds. The summed E-state index contributed by atoms with van der Waals surface area (Å²) in [5.41, 5.74) is 6.65. The van der Waals surface area contributed by atoms with Crippen molar-refractivity contribution in [1.82, 2.24) is 0 Å². The van der Waals surface area contributed by atoms with Crippen LogP contribution in [0.25, 0.3) is 0 Å². The summed E-state index contributed by atoms with van der Waals surface area (Å²) < 4.78 is 0. The van der Waals surface area contributed by atoms with Crippen LogP contribution in [0.3, 0.4) is 0 Å². The maximum absolute atomic E-state index is 13.4. The van der Waals surface area contributed by atoms with Gasteiger partial charge in [-0.1, -0.05) is 0 Å². The number of hydrogen-bond donors (Lipinski definition) is 5. The highest BCUT2D eigenvalue weighted by Crippen LogP contribution is 2.48. The molecule has 10 nitrogen and oxygen atoms in total. The van der Waals surface area contributed by atoms with Crippen LogP contribution in [0.4, 0.5) is 0 Å². The number of benzene rings is 1. The quantitative estimate of drug-likeness (QED) is 0.361. The Hall–Kier alpha value is -3.63. The van der Waals surface area contributed by atoms with Gasteiger partial charge in [0.2, 0.25) is 5.78 Å². The van der Waals surface area contributed by atoms with E-state index in [1.165, 1.54) is 13.8 Å². The number of fused-ring (bicyclic) bond motifs is 3. The van der Waals surface area contributed by atoms with Gasteiger partial charge in [-0.25, -0.2) is 0 Å². The first-order chi connectivity index (χ1) is 14.3.